The number of hydrazine groups is 1. The summed E-state index contributed by atoms with van der Waals surface area (Å²) in [6.45, 7) is 10.7. The number of hydrogen-bond acceptors (Lipinski definition) is 2. The van der Waals surface area contributed by atoms with Crippen LogP contribution in [0.4, 0.5) is 0 Å². The number of nitrogens with one attached hydrogen (secondary N) is 2. The third-order valence-electron chi connectivity index (χ3n) is 3.17. The molecule has 1 aromatic carbocycles. The highest BCUT2D eigenvalue weighted by molar-refractivity contribution is 5.64. The number of aryl methyl sites for hydroxylation is 2. The summed E-state index contributed by atoms with van der Waals surface area (Å²) < 4.78 is 0. The largest absolute Gasteiger partial charge is 0.322 e. The van der Waals surface area contributed by atoms with Crippen LogP contribution in [-0.2, 0) is 19.3 Å². The highest BCUT2D eigenvalue weighted by atomic mass is 15.3. The molecule has 1 aromatic rings. The monoisotopic (exact) mass is 232 g/mol. The van der Waals surface area contributed by atoms with Gasteiger partial charge in [-0.05, 0) is 53.6 Å². The van der Waals surface area contributed by atoms with E-state index >= 15 is 0 Å². The molecule has 0 unspecified atom stereocenters. The molecule has 0 aliphatic rings. The van der Waals surface area contributed by atoms with E-state index in [9.17, 15) is 0 Å². The molecular formula is C15H24N2. The van der Waals surface area contributed by atoms with Gasteiger partial charge in [-0.25, -0.2) is 5.43 Å². The lowest BCUT2D eigenvalue weighted by atomic mass is 9.92. The van der Waals surface area contributed by atoms with Gasteiger partial charge in [0.05, 0.1) is 0 Å². The topological polar surface area (TPSA) is 24.1 Å². The molecule has 0 saturated heterocycles. The minimum absolute atomic E-state index is 0.930. The first kappa shape index (κ1) is 13.8. The van der Waals surface area contributed by atoms with E-state index < -0.39 is 0 Å². The van der Waals surface area contributed by atoms with Crippen LogP contribution in [0.3, 0.4) is 0 Å². The van der Waals surface area contributed by atoms with E-state index in [1.54, 1.807) is 0 Å². The van der Waals surface area contributed by atoms with Crippen LogP contribution < -0.4 is 10.9 Å². The van der Waals surface area contributed by atoms with E-state index in [0.717, 1.165) is 25.0 Å². The van der Waals surface area contributed by atoms with Crippen molar-refractivity contribution in [2.24, 2.45) is 0 Å². The lowest BCUT2D eigenvalue weighted by Crippen LogP contribution is -2.25. The van der Waals surface area contributed by atoms with Gasteiger partial charge < -0.3 is 5.43 Å². The van der Waals surface area contributed by atoms with Crippen molar-refractivity contribution in [3.05, 3.63) is 41.0 Å². The van der Waals surface area contributed by atoms with Crippen molar-refractivity contribution in [3.8, 4) is 0 Å². The highest BCUT2D eigenvalue weighted by Crippen LogP contribution is 2.22. The summed E-state index contributed by atoms with van der Waals surface area (Å²) in [4.78, 5) is 0. The fourth-order valence-electron chi connectivity index (χ4n) is 2.28. The first-order valence-corrected chi connectivity index (χ1v) is 6.44. The molecule has 0 atom stereocenters. The molecular weight excluding hydrogens is 208 g/mol. The van der Waals surface area contributed by atoms with Crippen molar-refractivity contribution in [1.29, 1.82) is 0 Å². The van der Waals surface area contributed by atoms with Crippen molar-refractivity contribution < 1.29 is 0 Å². The Balaban J connectivity index is 3.22. The molecule has 0 radical (unpaired) electrons. The predicted octanol–water partition coefficient (Wildman–Crippen LogP) is 3.07. The van der Waals surface area contributed by atoms with Crippen LogP contribution in [-0.4, -0.2) is 7.05 Å². The third-order valence-corrected chi connectivity index (χ3v) is 3.17. The zero-order valence-electron chi connectivity index (χ0n) is 11.5. The summed E-state index contributed by atoms with van der Waals surface area (Å²) >= 11 is 0. The Bertz CT molecular complexity index is 369. The molecule has 0 fully saturated rings. The van der Waals surface area contributed by atoms with E-state index in [0.29, 0.717) is 0 Å². The van der Waals surface area contributed by atoms with Gasteiger partial charge in [0.25, 0.3) is 0 Å². The standard InChI is InChI=1S/C15H24N2/c1-6-12-9-14(11(4)17-16-5)10-13(7-2)15(12)8-3/h9-10,16-17H,4,6-8H2,1-3,5H3. The molecule has 0 heterocycles. The summed E-state index contributed by atoms with van der Waals surface area (Å²) in [6, 6.07) is 4.51. The van der Waals surface area contributed by atoms with Crippen LogP contribution in [0.15, 0.2) is 18.7 Å². The zero-order chi connectivity index (χ0) is 12.8. The third kappa shape index (κ3) is 3.10. The van der Waals surface area contributed by atoms with Crippen LogP contribution >= 0.6 is 0 Å². The van der Waals surface area contributed by atoms with Crippen molar-refractivity contribution in [2.45, 2.75) is 40.0 Å². The van der Waals surface area contributed by atoms with Crippen LogP contribution in [0, 0.1) is 0 Å². The zero-order valence-corrected chi connectivity index (χ0v) is 11.5. The predicted molar refractivity (Wildman–Crippen MR) is 75.8 cm³/mol. The van der Waals surface area contributed by atoms with Gasteiger partial charge in [0.15, 0.2) is 0 Å². The summed E-state index contributed by atoms with van der Waals surface area (Å²) in [5.74, 6) is 0. The molecule has 0 spiro atoms. The fraction of sp³-hybridized carbons (Fsp3) is 0.467. The Labute approximate surface area is 105 Å². The van der Waals surface area contributed by atoms with Gasteiger partial charge in [-0.2, -0.15) is 0 Å². The Morgan fingerprint density at radius 2 is 1.59 bits per heavy atom. The van der Waals surface area contributed by atoms with E-state index in [1.807, 2.05) is 7.05 Å². The van der Waals surface area contributed by atoms with E-state index in [2.05, 4.69) is 50.3 Å². The van der Waals surface area contributed by atoms with Gasteiger partial charge in [0, 0.05) is 12.7 Å². The fourth-order valence-corrected chi connectivity index (χ4v) is 2.28. The summed E-state index contributed by atoms with van der Waals surface area (Å²) in [6.07, 6.45) is 3.27. The SMILES string of the molecule is C=C(NNC)c1cc(CC)c(CC)c(CC)c1. The maximum atomic E-state index is 4.05. The molecule has 2 heteroatoms. The maximum Gasteiger partial charge on any atom is 0.0488 e. The average molecular weight is 232 g/mol. The van der Waals surface area contributed by atoms with Crippen LogP contribution in [0.5, 0.6) is 0 Å². The van der Waals surface area contributed by atoms with Crippen molar-refractivity contribution in [3.63, 3.8) is 0 Å². The van der Waals surface area contributed by atoms with Gasteiger partial charge in [0.2, 0.25) is 0 Å². The molecule has 0 aromatic heterocycles. The summed E-state index contributed by atoms with van der Waals surface area (Å²) in [5, 5.41) is 0. The normalized spacial score (nSPS) is 10.4. The molecule has 17 heavy (non-hydrogen) atoms. The van der Waals surface area contributed by atoms with Gasteiger partial charge in [0.1, 0.15) is 0 Å². The van der Waals surface area contributed by atoms with E-state index in [4.69, 9.17) is 0 Å². The molecule has 0 aliphatic heterocycles. The lowest BCUT2D eigenvalue weighted by Gasteiger charge is -2.16. The molecule has 0 bridgehead atoms. The molecule has 0 saturated carbocycles. The minimum Gasteiger partial charge on any atom is -0.322 e. The first-order valence-electron chi connectivity index (χ1n) is 6.44. The Kier molecular flexibility index (Phi) is 5.23. The molecule has 94 valence electrons. The molecule has 2 N–H and O–H groups in total. The van der Waals surface area contributed by atoms with Gasteiger partial charge in [-0.1, -0.05) is 27.4 Å². The summed E-state index contributed by atoms with van der Waals surface area (Å²) in [7, 11) is 1.85. The minimum atomic E-state index is 0.930. The number of benzene rings is 1. The van der Waals surface area contributed by atoms with Crippen molar-refractivity contribution >= 4 is 5.70 Å². The molecule has 0 amide bonds. The van der Waals surface area contributed by atoms with Crippen molar-refractivity contribution in [2.75, 3.05) is 7.05 Å². The van der Waals surface area contributed by atoms with Crippen LogP contribution in [0.2, 0.25) is 0 Å². The quantitative estimate of drug-likeness (QED) is 0.737. The number of rotatable bonds is 6. The average Bonchev–Trinajstić information content (AvgIpc) is 2.37. The van der Waals surface area contributed by atoms with Gasteiger partial charge >= 0.3 is 0 Å². The van der Waals surface area contributed by atoms with Crippen molar-refractivity contribution in [1.82, 2.24) is 10.9 Å². The number of hydrogen-bond donors (Lipinski definition) is 2. The molecule has 2 nitrogen and oxygen atoms in total. The molecule has 0 aliphatic carbocycles. The second-order valence-electron chi connectivity index (χ2n) is 4.19. The van der Waals surface area contributed by atoms with Gasteiger partial charge in [-0.15, -0.1) is 0 Å². The summed E-state index contributed by atoms with van der Waals surface area (Å²) in [5.41, 5.74) is 12.5. The Hall–Kier alpha value is -1.28. The Morgan fingerprint density at radius 3 is 1.94 bits per heavy atom. The lowest BCUT2D eigenvalue weighted by molar-refractivity contribution is 0.749. The maximum absolute atomic E-state index is 4.05. The molecule has 1 rings (SSSR count). The smallest absolute Gasteiger partial charge is 0.0488 e. The highest BCUT2D eigenvalue weighted by Gasteiger charge is 2.08. The van der Waals surface area contributed by atoms with Crippen LogP contribution in [0.25, 0.3) is 5.70 Å². The van der Waals surface area contributed by atoms with Crippen LogP contribution in [0.1, 0.15) is 43.0 Å². The first-order chi connectivity index (χ1) is 8.17. The van der Waals surface area contributed by atoms with Gasteiger partial charge in [-0.3, -0.25) is 0 Å². The van der Waals surface area contributed by atoms with E-state index in [-0.39, 0.29) is 0 Å². The second-order valence-corrected chi connectivity index (χ2v) is 4.19. The van der Waals surface area contributed by atoms with E-state index in [1.165, 1.54) is 22.3 Å². The second kappa shape index (κ2) is 6.45. The Morgan fingerprint density at radius 1 is 1.06 bits per heavy atom.